The Morgan fingerprint density at radius 2 is 1.61 bits per heavy atom. The minimum Gasteiger partial charge on any atom is -0.354 e. The Hall–Kier alpha value is -3.07. The monoisotopic (exact) mass is 575 g/mol. The van der Waals surface area contributed by atoms with Gasteiger partial charge in [0.25, 0.3) is 10.0 Å². The number of aryl methyl sites for hydroxylation is 1. The number of anilines is 1. The number of carbonyl (C=O) groups is 2. The number of amides is 2. The summed E-state index contributed by atoms with van der Waals surface area (Å²) >= 11 is 12.2. The van der Waals surface area contributed by atoms with Crippen molar-refractivity contribution in [1.82, 2.24) is 10.2 Å². The van der Waals surface area contributed by atoms with E-state index in [2.05, 4.69) is 5.32 Å². The molecule has 0 aliphatic rings. The summed E-state index contributed by atoms with van der Waals surface area (Å²) in [5.74, 6) is -0.878. The Morgan fingerprint density at radius 1 is 0.947 bits per heavy atom. The van der Waals surface area contributed by atoms with E-state index >= 15 is 0 Å². The van der Waals surface area contributed by atoms with Crippen molar-refractivity contribution in [3.63, 3.8) is 0 Å². The second kappa shape index (κ2) is 13.1. The standard InChI is InChI=1S/C28H31Cl2N3O4S/c1-4-16-31-28(35)21(3)32(18-22-6-5-7-24(30)17-22)27(34)19-33(25-12-10-23(29)11-13-25)38(36,37)26-14-8-20(2)9-15-26/h5-15,17,21H,4,16,18-19H2,1-3H3,(H,31,35)/t21-/m0/s1. The van der Waals surface area contributed by atoms with Gasteiger partial charge in [0.2, 0.25) is 11.8 Å². The SMILES string of the molecule is CCCNC(=O)[C@H](C)N(Cc1cccc(Cl)c1)C(=O)CN(c1ccc(Cl)cc1)S(=O)(=O)c1ccc(C)cc1. The number of rotatable bonds is 11. The molecule has 0 aromatic heterocycles. The zero-order valence-electron chi connectivity index (χ0n) is 21.5. The van der Waals surface area contributed by atoms with Crippen LogP contribution in [0.3, 0.4) is 0 Å². The lowest BCUT2D eigenvalue weighted by molar-refractivity contribution is -0.139. The van der Waals surface area contributed by atoms with Gasteiger partial charge in [0, 0.05) is 23.1 Å². The number of nitrogens with one attached hydrogen (secondary N) is 1. The van der Waals surface area contributed by atoms with Crippen molar-refractivity contribution in [3.8, 4) is 0 Å². The summed E-state index contributed by atoms with van der Waals surface area (Å²) in [6.45, 7) is 5.41. The van der Waals surface area contributed by atoms with Gasteiger partial charge in [0.05, 0.1) is 10.6 Å². The molecular formula is C28H31Cl2N3O4S. The molecule has 3 rings (SSSR count). The van der Waals surface area contributed by atoms with Crippen molar-refractivity contribution in [3.05, 3.63) is 94.0 Å². The lowest BCUT2D eigenvalue weighted by Gasteiger charge is -2.32. The number of sulfonamides is 1. The summed E-state index contributed by atoms with van der Waals surface area (Å²) < 4.78 is 28.6. The van der Waals surface area contributed by atoms with Crippen LogP contribution in [-0.2, 0) is 26.2 Å². The van der Waals surface area contributed by atoms with Crippen molar-refractivity contribution < 1.29 is 18.0 Å². The average Bonchev–Trinajstić information content (AvgIpc) is 2.89. The molecule has 0 spiro atoms. The minimum atomic E-state index is -4.13. The van der Waals surface area contributed by atoms with Gasteiger partial charge in [-0.05, 0) is 74.4 Å². The van der Waals surface area contributed by atoms with E-state index in [1.165, 1.54) is 17.0 Å². The molecule has 38 heavy (non-hydrogen) atoms. The van der Waals surface area contributed by atoms with E-state index in [-0.39, 0.29) is 23.0 Å². The van der Waals surface area contributed by atoms with Crippen molar-refractivity contribution in [1.29, 1.82) is 0 Å². The van der Waals surface area contributed by atoms with Crippen LogP contribution < -0.4 is 9.62 Å². The van der Waals surface area contributed by atoms with E-state index in [1.807, 2.05) is 13.8 Å². The highest BCUT2D eigenvalue weighted by molar-refractivity contribution is 7.92. The number of carbonyl (C=O) groups excluding carboxylic acids is 2. The first-order chi connectivity index (χ1) is 18.0. The van der Waals surface area contributed by atoms with Crippen LogP contribution in [-0.4, -0.2) is 44.3 Å². The normalized spacial score (nSPS) is 12.0. The quantitative estimate of drug-likeness (QED) is 0.330. The summed E-state index contributed by atoms with van der Waals surface area (Å²) in [5.41, 5.74) is 1.88. The van der Waals surface area contributed by atoms with E-state index in [1.54, 1.807) is 67.6 Å². The fourth-order valence-corrected chi connectivity index (χ4v) is 5.54. The zero-order valence-corrected chi connectivity index (χ0v) is 23.9. The predicted octanol–water partition coefficient (Wildman–Crippen LogP) is 5.44. The van der Waals surface area contributed by atoms with Crippen LogP contribution in [0.1, 0.15) is 31.4 Å². The third-order valence-electron chi connectivity index (χ3n) is 5.96. The molecule has 10 heteroatoms. The van der Waals surface area contributed by atoms with Crippen LogP contribution in [0.5, 0.6) is 0 Å². The van der Waals surface area contributed by atoms with Gasteiger partial charge in [-0.1, -0.05) is 60.0 Å². The first-order valence-electron chi connectivity index (χ1n) is 12.2. The maximum absolute atomic E-state index is 13.8. The molecule has 7 nitrogen and oxygen atoms in total. The molecule has 3 aromatic rings. The minimum absolute atomic E-state index is 0.0426. The summed E-state index contributed by atoms with van der Waals surface area (Å²) in [6, 6.07) is 18.7. The highest BCUT2D eigenvalue weighted by atomic mass is 35.5. The summed E-state index contributed by atoms with van der Waals surface area (Å²) in [5, 5.41) is 3.73. The summed E-state index contributed by atoms with van der Waals surface area (Å²) in [7, 11) is -4.13. The second-order valence-electron chi connectivity index (χ2n) is 8.92. The number of nitrogens with zero attached hydrogens (tertiary/aromatic N) is 2. The highest BCUT2D eigenvalue weighted by Crippen LogP contribution is 2.26. The number of hydrogen-bond acceptors (Lipinski definition) is 4. The van der Waals surface area contributed by atoms with Crippen LogP contribution in [0, 0.1) is 6.92 Å². The first kappa shape index (κ1) is 29.5. The van der Waals surface area contributed by atoms with Crippen LogP contribution in [0.25, 0.3) is 0 Å². The van der Waals surface area contributed by atoms with Crippen molar-refractivity contribution >= 4 is 50.7 Å². The Balaban J connectivity index is 2.01. The van der Waals surface area contributed by atoms with Crippen LogP contribution in [0.2, 0.25) is 10.0 Å². The third-order valence-corrected chi connectivity index (χ3v) is 8.24. The zero-order chi connectivity index (χ0) is 27.9. The molecule has 1 atom stereocenters. The maximum atomic E-state index is 13.8. The van der Waals surface area contributed by atoms with Gasteiger partial charge in [0.1, 0.15) is 12.6 Å². The predicted molar refractivity (Wildman–Crippen MR) is 152 cm³/mol. The molecule has 0 unspecified atom stereocenters. The molecule has 0 aliphatic carbocycles. The average molecular weight is 577 g/mol. The fraction of sp³-hybridized carbons (Fsp3) is 0.286. The second-order valence-corrected chi connectivity index (χ2v) is 11.7. The molecule has 2 amide bonds. The molecule has 0 bridgehead atoms. The van der Waals surface area contributed by atoms with Crippen molar-refractivity contribution in [2.75, 3.05) is 17.4 Å². The molecular weight excluding hydrogens is 545 g/mol. The molecule has 3 aromatic carbocycles. The molecule has 0 radical (unpaired) electrons. The van der Waals surface area contributed by atoms with E-state index in [4.69, 9.17) is 23.2 Å². The number of hydrogen-bond donors (Lipinski definition) is 1. The topological polar surface area (TPSA) is 86.8 Å². The van der Waals surface area contributed by atoms with Crippen molar-refractivity contribution in [2.24, 2.45) is 0 Å². The summed E-state index contributed by atoms with van der Waals surface area (Å²) in [6.07, 6.45) is 0.736. The molecule has 0 saturated heterocycles. The molecule has 0 aliphatic heterocycles. The fourth-order valence-electron chi connectivity index (χ4n) is 3.78. The smallest absolute Gasteiger partial charge is 0.264 e. The Morgan fingerprint density at radius 3 is 2.21 bits per heavy atom. The van der Waals surface area contributed by atoms with Gasteiger partial charge in [-0.3, -0.25) is 13.9 Å². The number of benzene rings is 3. The van der Waals surface area contributed by atoms with Crippen LogP contribution in [0.4, 0.5) is 5.69 Å². The van der Waals surface area contributed by atoms with E-state index in [9.17, 15) is 18.0 Å². The van der Waals surface area contributed by atoms with E-state index in [0.29, 0.717) is 22.2 Å². The Labute approximate surface area is 234 Å². The van der Waals surface area contributed by atoms with Crippen LogP contribution >= 0.6 is 23.2 Å². The Kier molecular flexibility index (Phi) is 10.2. The largest absolute Gasteiger partial charge is 0.354 e. The van der Waals surface area contributed by atoms with Crippen molar-refractivity contribution in [2.45, 2.75) is 44.7 Å². The Bertz CT molecular complexity index is 1360. The van der Waals surface area contributed by atoms with Crippen LogP contribution in [0.15, 0.2) is 77.7 Å². The molecule has 0 saturated carbocycles. The first-order valence-corrected chi connectivity index (χ1v) is 14.4. The molecule has 202 valence electrons. The van der Waals surface area contributed by atoms with E-state index < -0.39 is 28.5 Å². The molecule has 0 fully saturated rings. The lowest BCUT2D eigenvalue weighted by Crippen LogP contribution is -2.51. The third kappa shape index (κ3) is 7.49. The van der Waals surface area contributed by atoms with Gasteiger partial charge < -0.3 is 10.2 Å². The number of halogens is 2. The van der Waals surface area contributed by atoms with Gasteiger partial charge in [-0.2, -0.15) is 0 Å². The van der Waals surface area contributed by atoms with Gasteiger partial charge in [-0.25, -0.2) is 8.42 Å². The lowest BCUT2D eigenvalue weighted by atomic mass is 10.1. The highest BCUT2D eigenvalue weighted by Gasteiger charge is 2.32. The van der Waals surface area contributed by atoms with E-state index in [0.717, 1.165) is 16.3 Å². The van der Waals surface area contributed by atoms with Gasteiger partial charge in [0.15, 0.2) is 0 Å². The molecule has 0 heterocycles. The maximum Gasteiger partial charge on any atom is 0.264 e. The summed E-state index contributed by atoms with van der Waals surface area (Å²) in [4.78, 5) is 28.1. The van der Waals surface area contributed by atoms with Gasteiger partial charge >= 0.3 is 0 Å². The van der Waals surface area contributed by atoms with Gasteiger partial charge in [-0.15, -0.1) is 0 Å². The molecule has 1 N–H and O–H groups in total.